The third kappa shape index (κ3) is 2.71. The maximum atomic E-state index is 6.17. The molecule has 0 saturated heterocycles. The smallest absolute Gasteiger partial charge is 0.199 e. The van der Waals surface area contributed by atoms with Crippen LogP contribution in [0.2, 0.25) is 5.22 Å². The van der Waals surface area contributed by atoms with Gasteiger partial charge in [0.2, 0.25) is 0 Å². The van der Waals surface area contributed by atoms with E-state index in [1.165, 1.54) is 0 Å². The summed E-state index contributed by atoms with van der Waals surface area (Å²) in [6, 6.07) is 10.1. The van der Waals surface area contributed by atoms with Gasteiger partial charge in [0.05, 0.1) is 6.54 Å². The van der Waals surface area contributed by atoms with E-state index >= 15 is 0 Å². The molecule has 0 spiro atoms. The largest absolute Gasteiger partial charge is 0.444 e. The van der Waals surface area contributed by atoms with Crippen LogP contribution in [0.5, 0.6) is 0 Å². The summed E-state index contributed by atoms with van der Waals surface area (Å²) in [5.74, 6) is 0. The van der Waals surface area contributed by atoms with E-state index in [0.29, 0.717) is 17.8 Å². The second-order valence-electron chi connectivity index (χ2n) is 4.86. The quantitative estimate of drug-likeness (QED) is 0.782. The predicted molar refractivity (Wildman–Crippen MR) is 79.8 cm³/mol. The normalized spacial score (nSPS) is 12.9. The Bertz CT molecular complexity index is 690. The molecular weight excluding hydrogens is 274 g/mol. The maximum absolute atomic E-state index is 6.17. The van der Waals surface area contributed by atoms with Crippen molar-refractivity contribution in [1.82, 2.24) is 15.1 Å². The van der Waals surface area contributed by atoms with Crippen molar-refractivity contribution in [2.24, 2.45) is 0 Å². The number of fused-ring (bicyclic) bond motifs is 1. The number of nitrogens with one attached hydrogen (secondary N) is 1. The van der Waals surface area contributed by atoms with Gasteiger partial charge in [0.1, 0.15) is 5.58 Å². The molecule has 4 nitrogen and oxygen atoms in total. The first-order valence-electron chi connectivity index (χ1n) is 6.61. The summed E-state index contributed by atoms with van der Waals surface area (Å²) in [6.07, 6.45) is 3.74. The number of benzene rings is 1. The fourth-order valence-corrected chi connectivity index (χ4v) is 2.52. The van der Waals surface area contributed by atoms with Gasteiger partial charge in [-0.15, -0.1) is 0 Å². The van der Waals surface area contributed by atoms with Crippen LogP contribution in [0.1, 0.15) is 12.5 Å². The first-order valence-corrected chi connectivity index (χ1v) is 6.98. The minimum absolute atomic E-state index is 0.291. The zero-order chi connectivity index (χ0) is 13.9. The van der Waals surface area contributed by atoms with Crippen LogP contribution in [0, 0.1) is 0 Å². The molecule has 3 rings (SSSR count). The van der Waals surface area contributed by atoms with Crippen molar-refractivity contribution in [3.05, 3.63) is 53.5 Å². The van der Waals surface area contributed by atoms with Gasteiger partial charge in [-0.1, -0.05) is 18.2 Å². The molecule has 1 N–H and O–H groups in total. The molecule has 0 bridgehead atoms. The van der Waals surface area contributed by atoms with Crippen molar-refractivity contribution < 1.29 is 4.42 Å². The van der Waals surface area contributed by atoms with E-state index in [4.69, 9.17) is 16.0 Å². The van der Waals surface area contributed by atoms with E-state index in [9.17, 15) is 0 Å². The molecule has 0 saturated carbocycles. The third-order valence-corrected chi connectivity index (χ3v) is 3.60. The number of nitrogens with zero attached hydrogens (tertiary/aromatic N) is 2. The van der Waals surface area contributed by atoms with Gasteiger partial charge in [0, 0.05) is 35.9 Å². The van der Waals surface area contributed by atoms with E-state index in [-0.39, 0.29) is 0 Å². The maximum Gasteiger partial charge on any atom is 0.199 e. The van der Waals surface area contributed by atoms with Crippen LogP contribution < -0.4 is 5.32 Å². The van der Waals surface area contributed by atoms with Gasteiger partial charge in [-0.2, -0.15) is 5.10 Å². The summed E-state index contributed by atoms with van der Waals surface area (Å²) in [5.41, 5.74) is 1.84. The number of furan rings is 1. The van der Waals surface area contributed by atoms with Crippen LogP contribution in [0.3, 0.4) is 0 Å². The van der Waals surface area contributed by atoms with Crippen LogP contribution in [0.25, 0.3) is 11.0 Å². The highest BCUT2D eigenvalue weighted by molar-refractivity contribution is 6.30. The van der Waals surface area contributed by atoms with Crippen LogP contribution in [-0.4, -0.2) is 15.8 Å². The first-order chi connectivity index (χ1) is 9.74. The monoisotopic (exact) mass is 289 g/mol. The summed E-state index contributed by atoms with van der Waals surface area (Å²) in [5, 5.41) is 9.18. The van der Waals surface area contributed by atoms with Crippen molar-refractivity contribution in [2.45, 2.75) is 26.1 Å². The van der Waals surface area contributed by atoms with Crippen molar-refractivity contribution in [2.75, 3.05) is 0 Å². The Balaban J connectivity index is 1.69. The Hall–Kier alpha value is -1.78. The second kappa shape index (κ2) is 5.69. The van der Waals surface area contributed by atoms with Crippen molar-refractivity contribution in [3.8, 4) is 0 Å². The van der Waals surface area contributed by atoms with Crippen LogP contribution in [-0.2, 0) is 13.1 Å². The van der Waals surface area contributed by atoms with Gasteiger partial charge in [-0.3, -0.25) is 4.68 Å². The molecule has 20 heavy (non-hydrogen) atoms. The van der Waals surface area contributed by atoms with Crippen molar-refractivity contribution in [1.29, 1.82) is 0 Å². The molecule has 1 unspecified atom stereocenters. The van der Waals surface area contributed by atoms with Gasteiger partial charge in [-0.25, -0.2) is 0 Å². The van der Waals surface area contributed by atoms with Gasteiger partial charge >= 0.3 is 0 Å². The van der Waals surface area contributed by atoms with E-state index in [2.05, 4.69) is 17.3 Å². The molecule has 1 aromatic carbocycles. The molecule has 1 atom stereocenters. The lowest BCUT2D eigenvalue weighted by atomic mass is 10.1. The average Bonchev–Trinajstić information content (AvgIpc) is 3.03. The lowest BCUT2D eigenvalue weighted by Crippen LogP contribution is -2.30. The van der Waals surface area contributed by atoms with E-state index in [0.717, 1.165) is 23.1 Å². The minimum atomic E-state index is 0.291. The fourth-order valence-electron chi connectivity index (χ4n) is 2.26. The van der Waals surface area contributed by atoms with Crippen LogP contribution in [0.4, 0.5) is 0 Å². The molecule has 0 aliphatic carbocycles. The topological polar surface area (TPSA) is 43.0 Å². The van der Waals surface area contributed by atoms with Crippen LogP contribution >= 0.6 is 11.6 Å². The molecule has 0 radical (unpaired) electrons. The van der Waals surface area contributed by atoms with Gasteiger partial charge in [-0.05, 0) is 30.7 Å². The third-order valence-electron chi connectivity index (χ3n) is 3.30. The van der Waals surface area contributed by atoms with Crippen LogP contribution in [0.15, 0.2) is 47.1 Å². The summed E-state index contributed by atoms with van der Waals surface area (Å²) in [4.78, 5) is 0. The Morgan fingerprint density at radius 2 is 2.20 bits per heavy atom. The van der Waals surface area contributed by atoms with Gasteiger partial charge in [0.25, 0.3) is 0 Å². The number of hydrogen-bond acceptors (Lipinski definition) is 3. The number of para-hydroxylation sites is 1. The molecule has 3 aromatic rings. The summed E-state index contributed by atoms with van der Waals surface area (Å²) < 4.78 is 7.45. The fraction of sp³-hybridized carbons (Fsp3) is 0.267. The number of aromatic nitrogens is 2. The standard InChI is InChI=1S/C15H16ClN3O/c1-11(10-19-8-4-7-18-19)17-9-13-12-5-2-3-6-14(12)20-15(13)16/h2-8,11,17H,9-10H2,1H3. The first kappa shape index (κ1) is 13.2. The molecule has 104 valence electrons. The summed E-state index contributed by atoms with van der Waals surface area (Å²) in [7, 11) is 0. The molecule has 2 heterocycles. The van der Waals surface area contributed by atoms with E-state index in [1.807, 2.05) is 41.2 Å². The van der Waals surface area contributed by atoms with Gasteiger partial charge in [0.15, 0.2) is 5.22 Å². The SMILES string of the molecule is CC(Cn1cccn1)NCc1c(Cl)oc2ccccc12. The molecule has 0 aliphatic heterocycles. The molecule has 2 aromatic heterocycles. The number of hydrogen-bond donors (Lipinski definition) is 1. The summed E-state index contributed by atoms with van der Waals surface area (Å²) in [6.45, 7) is 3.62. The lowest BCUT2D eigenvalue weighted by molar-refractivity contribution is 0.450. The second-order valence-corrected chi connectivity index (χ2v) is 5.20. The zero-order valence-electron chi connectivity index (χ0n) is 11.2. The molecular formula is C15H16ClN3O. The Morgan fingerprint density at radius 3 is 3.00 bits per heavy atom. The average molecular weight is 290 g/mol. The number of rotatable bonds is 5. The molecule has 5 heteroatoms. The zero-order valence-corrected chi connectivity index (χ0v) is 12.0. The van der Waals surface area contributed by atoms with E-state index < -0.39 is 0 Å². The molecule has 0 amide bonds. The highest BCUT2D eigenvalue weighted by atomic mass is 35.5. The van der Waals surface area contributed by atoms with Crippen molar-refractivity contribution in [3.63, 3.8) is 0 Å². The lowest BCUT2D eigenvalue weighted by Gasteiger charge is -2.13. The Morgan fingerprint density at radius 1 is 1.35 bits per heavy atom. The highest BCUT2D eigenvalue weighted by Gasteiger charge is 2.12. The van der Waals surface area contributed by atoms with Crippen molar-refractivity contribution >= 4 is 22.6 Å². The van der Waals surface area contributed by atoms with E-state index in [1.54, 1.807) is 6.20 Å². The van der Waals surface area contributed by atoms with Gasteiger partial charge < -0.3 is 9.73 Å². The molecule has 0 aliphatic rings. The number of halogens is 1. The summed E-state index contributed by atoms with van der Waals surface area (Å²) >= 11 is 6.17. The minimum Gasteiger partial charge on any atom is -0.444 e. The Kier molecular flexibility index (Phi) is 3.76. The Labute approximate surface area is 122 Å². The highest BCUT2D eigenvalue weighted by Crippen LogP contribution is 2.29. The predicted octanol–water partition coefficient (Wildman–Crippen LogP) is 3.46. The molecule has 0 fully saturated rings.